The van der Waals surface area contributed by atoms with E-state index in [1.165, 1.54) is 0 Å². The molecule has 0 aliphatic carbocycles. The van der Waals surface area contributed by atoms with Crippen molar-refractivity contribution in [2.24, 2.45) is 0 Å². The standard InChI is InChI=1S/C25H34N2O3/c1-4-6-16-26-25(29)23(5-2)27(17-15-21-12-8-7-9-13-21)24(28)19-30-22-14-10-11-20(3)18-22/h7-14,18,23H,4-6,15-17,19H2,1-3H3,(H,26,29)/t23-/m1/s1. The predicted octanol–water partition coefficient (Wildman–Crippen LogP) is 4.14. The summed E-state index contributed by atoms with van der Waals surface area (Å²) in [6.45, 7) is 7.02. The van der Waals surface area contributed by atoms with E-state index in [2.05, 4.69) is 12.2 Å². The molecule has 0 unspecified atom stereocenters. The molecule has 0 heterocycles. The van der Waals surface area contributed by atoms with Crippen molar-refractivity contribution in [2.45, 2.75) is 52.5 Å². The molecule has 5 nitrogen and oxygen atoms in total. The van der Waals surface area contributed by atoms with Crippen molar-refractivity contribution in [1.29, 1.82) is 0 Å². The topological polar surface area (TPSA) is 58.6 Å². The summed E-state index contributed by atoms with van der Waals surface area (Å²) in [6.07, 6.45) is 3.19. The second-order valence-electron chi connectivity index (χ2n) is 7.50. The van der Waals surface area contributed by atoms with Crippen LogP contribution in [-0.4, -0.2) is 42.5 Å². The summed E-state index contributed by atoms with van der Waals surface area (Å²) in [7, 11) is 0. The van der Waals surface area contributed by atoms with Crippen LogP contribution in [0.4, 0.5) is 0 Å². The summed E-state index contributed by atoms with van der Waals surface area (Å²) in [5.41, 5.74) is 2.21. The van der Waals surface area contributed by atoms with Gasteiger partial charge in [0, 0.05) is 13.1 Å². The molecule has 2 aromatic carbocycles. The van der Waals surface area contributed by atoms with Gasteiger partial charge in [0.1, 0.15) is 11.8 Å². The molecule has 0 fully saturated rings. The number of nitrogens with one attached hydrogen (secondary N) is 1. The molecule has 0 saturated carbocycles. The average molecular weight is 411 g/mol. The van der Waals surface area contributed by atoms with Crippen LogP contribution in [0.15, 0.2) is 54.6 Å². The van der Waals surface area contributed by atoms with Gasteiger partial charge in [0.05, 0.1) is 0 Å². The lowest BCUT2D eigenvalue weighted by Crippen LogP contribution is -2.51. The molecule has 1 N–H and O–H groups in total. The highest BCUT2D eigenvalue weighted by molar-refractivity contribution is 5.88. The summed E-state index contributed by atoms with van der Waals surface area (Å²) in [5.74, 6) is 0.389. The first-order valence-corrected chi connectivity index (χ1v) is 10.9. The van der Waals surface area contributed by atoms with E-state index in [-0.39, 0.29) is 18.4 Å². The summed E-state index contributed by atoms with van der Waals surface area (Å²) in [4.78, 5) is 27.5. The fourth-order valence-electron chi connectivity index (χ4n) is 3.34. The summed E-state index contributed by atoms with van der Waals surface area (Å²) >= 11 is 0. The summed E-state index contributed by atoms with van der Waals surface area (Å²) in [5, 5.41) is 2.98. The van der Waals surface area contributed by atoms with Crippen LogP contribution in [0.3, 0.4) is 0 Å². The van der Waals surface area contributed by atoms with E-state index in [4.69, 9.17) is 4.74 Å². The number of hydrogen-bond donors (Lipinski definition) is 1. The Kier molecular flexibility index (Phi) is 9.92. The van der Waals surface area contributed by atoms with Gasteiger partial charge in [-0.2, -0.15) is 0 Å². The number of amides is 2. The number of carbonyl (C=O) groups excluding carboxylic acids is 2. The van der Waals surface area contributed by atoms with Crippen molar-refractivity contribution in [2.75, 3.05) is 19.7 Å². The second kappa shape index (κ2) is 12.7. The Bertz CT molecular complexity index is 792. The SMILES string of the molecule is CCCCNC(=O)[C@@H](CC)N(CCc1ccccc1)C(=O)COc1cccc(C)c1. The van der Waals surface area contributed by atoms with E-state index in [9.17, 15) is 9.59 Å². The minimum Gasteiger partial charge on any atom is -0.484 e. The average Bonchev–Trinajstić information content (AvgIpc) is 2.75. The van der Waals surface area contributed by atoms with E-state index in [1.807, 2.05) is 68.4 Å². The maximum atomic E-state index is 13.1. The van der Waals surface area contributed by atoms with Crippen molar-refractivity contribution < 1.29 is 14.3 Å². The Morgan fingerprint density at radius 3 is 2.50 bits per heavy atom. The quantitative estimate of drug-likeness (QED) is 0.535. The maximum Gasteiger partial charge on any atom is 0.261 e. The van der Waals surface area contributed by atoms with E-state index < -0.39 is 6.04 Å². The minimum absolute atomic E-state index is 0.0863. The van der Waals surface area contributed by atoms with Crippen LogP contribution in [0.1, 0.15) is 44.2 Å². The predicted molar refractivity (Wildman–Crippen MR) is 121 cm³/mol. The highest BCUT2D eigenvalue weighted by atomic mass is 16.5. The maximum absolute atomic E-state index is 13.1. The third kappa shape index (κ3) is 7.54. The highest BCUT2D eigenvalue weighted by Gasteiger charge is 2.28. The molecule has 2 rings (SSSR count). The number of benzene rings is 2. The molecule has 2 aromatic rings. The number of aryl methyl sites for hydroxylation is 1. The van der Waals surface area contributed by atoms with Gasteiger partial charge in [-0.25, -0.2) is 0 Å². The number of ether oxygens (including phenoxy) is 1. The molecule has 0 spiro atoms. The van der Waals surface area contributed by atoms with Crippen LogP contribution in [0.2, 0.25) is 0 Å². The molecular formula is C25H34N2O3. The third-order valence-corrected chi connectivity index (χ3v) is 5.05. The first-order valence-electron chi connectivity index (χ1n) is 10.9. The van der Waals surface area contributed by atoms with E-state index in [1.54, 1.807) is 4.90 Å². The zero-order valence-electron chi connectivity index (χ0n) is 18.4. The molecule has 2 amide bonds. The van der Waals surface area contributed by atoms with Crippen LogP contribution in [0, 0.1) is 6.92 Å². The molecule has 162 valence electrons. The van der Waals surface area contributed by atoms with Gasteiger partial charge in [-0.1, -0.05) is 62.7 Å². The number of nitrogens with zero attached hydrogens (tertiary/aromatic N) is 1. The Morgan fingerprint density at radius 1 is 1.07 bits per heavy atom. The number of rotatable bonds is 12. The van der Waals surface area contributed by atoms with Gasteiger partial charge in [-0.15, -0.1) is 0 Å². The molecule has 0 aromatic heterocycles. The molecular weight excluding hydrogens is 376 g/mol. The largest absolute Gasteiger partial charge is 0.484 e. The Balaban J connectivity index is 2.09. The van der Waals surface area contributed by atoms with Crippen molar-refractivity contribution in [3.8, 4) is 5.75 Å². The minimum atomic E-state index is -0.501. The van der Waals surface area contributed by atoms with Crippen molar-refractivity contribution in [1.82, 2.24) is 10.2 Å². The summed E-state index contributed by atoms with van der Waals surface area (Å²) < 4.78 is 5.73. The molecule has 30 heavy (non-hydrogen) atoms. The van der Waals surface area contributed by atoms with Crippen molar-refractivity contribution in [3.05, 3.63) is 65.7 Å². The van der Waals surface area contributed by atoms with E-state index in [0.717, 1.165) is 24.0 Å². The van der Waals surface area contributed by atoms with Gasteiger partial charge in [-0.05, 0) is 49.4 Å². The lowest BCUT2D eigenvalue weighted by Gasteiger charge is -2.30. The number of carbonyl (C=O) groups is 2. The monoisotopic (exact) mass is 410 g/mol. The zero-order valence-corrected chi connectivity index (χ0v) is 18.4. The van der Waals surface area contributed by atoms with Crippen molar-refractivity contribution in [3.63, 3.8) is 0 Å². The number of unbranched alkanes of at least 4 members (excludes halogenated alkanes) is 1. The lowest BCUT2D eigenvalue weighted by molar-refractivity contribution is -0.142. The highest BCUT2D eigenvalue weighted by Crippen LogP contribution is 2.14. The fraction of sp³-hybridized carbons (Fsp3) is 0.440. The Hall–Kier alpha value is -2.82. The fourth-order valence-corrected chi connectivity index (χ4v) is 3.34. The van der Waals surface area contributed by atoms with Crippen LogP contribution in [0.5, 0.6) is 5.75 Å². The molecule has 0 aliphatic rings. The van der Waals surface area contributed by atoms with Gasteiger partial charge in [0.15, 0.2) is 6.61 Å². The van der Waals surface area contributed by atoms with Crippen LogP contribution < -0.4 is 10.1 Å². The van der Waals surface area contributed by atoms with E-state index >= 15 is 0 Å². The van der Waals surface area contributed by atoms with Gasteiger partial charge in [-0.3, -0.25) is 9.59 Å². The van der Waals surface area contributed by atoms with Gasteiger partial charge in [0.2, 0.25) is 5.91 Å². The third-order valence-electron chi connectivity index (χ3n) is 5.05. The van der Waals surface area contributed by atoms with E-state index in [0.29, 0.717) is 31.7 Å². The van der Waals surface area contributed by atoms with Crippen LogP contribution in [-0.2, 0) is 16.0 Å². The first kappa shape index (κ1) is 23.5. The Morgan fingerprint density at radius 2 is 1.83 bits per heavy atom. The molecule has 0 aliphatic heterocycles. The molecule has 0 saturated heterocycles. The molecule has 1 atom stereocenters. The van der Waals surface area contributed by atoms with Crippen LogP contribution >= 0.6 is 0 Å². The smallest absolute Gasteiger partial charge is 0.261 e. The molecule has 0 radical (unpaired) electrons. The summed E-state index contributed by atoms with van der Waals surface area (Å²) in [6, 6.07) is 17.1. The lowest BCUT2D eigenvalue weighted by atomic mass is 10.1. The zero-order chi connectivity index (χ0) is 21.8. The van der Waals surface area contributed by atoms with Gasteiger partial charge in [0.25, 0.3) is 5.91 Å². The van der Waals surface area contributed by atoms with Crippen LogP contribution in [0.25, 0.3) is 0 Å². The van der Waals surface area contributed by atoms with Gasteiger partial charge < -0.3 is 15.0 Å². The van der Waals surface area contributed by atoms with Crippen molar-refractivity contribution >= 4 is 11.8 Å². The second-order valence-corrected chi connectivity index (χ2v) is 7.50. The molecule has 5 heteroatoms. The van der Waals surface area contributed by atoms with Gasteiger partial charge >= 0.3 is 0 Å². The molecule has 0 bridgehead atoms. The first-order chi connectivity index (χ1) is 14.5. The normalized spacial score (nSPS) is 11.6. The Labute approximate surface area is 180 Å². The number of hydrogen-bond acceptors (Lipinski definition) is 3.